The van der Waals surface area contributed by atoms with Gasteiger partial charge in [-0.1, -0.05) is 12.1 Å². The van der Waals surface area contributed by atoms with Crippen molar-refractivity contribution in [3.05, 3.63) is 35.4 Å². The highest BCUT2D eigenvalue weighted by atomic mass is 16.5. The van der Waals surface area contributed by atoms with E-state index in [0.29, 0.717) is 6.42 Å². The third kappa shape index (κ3) is 3.84. The molecule has 0 aliphatic carbocycles. The number of hydrogen-bond donors (Lipinski definition) is 4. The summed E-state index contributed by atoms with van der Waals surface area (Å²) in [6.07, 6.45) is -2.39. The normalized spacial score (nSPS) is 31.9. The third-order valence-electron chi connectivity index (χ3n) is 4.11. The van der Waals surface area contributed by atoms with E-state index in [9.17, 15) is 20.1 Å². The van der Waals surface area contributed by atoms with E-state index in [1.165, 1.54) is 0 Å². The van der Waals surface area contributed by atoms with Crippen LogP contribution < -0.4 is 0 Å². The number of aliphatic hydroxyl groups is 3. The van der Waals surface area contributed by atoms with Gasteiger partial charge >= 0.3 is 5.97 Å². The van der Waals surface area contributed by atoms with Crippen molar-refractivity contribution in [3.8, 4) is 0 Å². The van der Waals surface area contributed by atoms with Crippen molar-refractivity contribution >= 4 is 5.97 Å². The second-order valence-electron chi connectivity index (χ2n) is 5.75. The fourth-order valence-electron chi connectivity index (χ4n) is 2.70. The summed E-state index contributed by atoms with van der Waals surface area (Å²) >= 11 is 0. The molecule has 1 aliphatic rings. The van der Waals surface area contributed by atoms with Crippen LogP contribution in [0.25, 0.3) is 0 Å². The fourth-order valence-corrected chi connectivity index (χ4v) is 2.70. The van der Waals surface area contributed by atoms with Gasteiger partial charge in [-0.15, -0.1) is 0 Å². The highest BCUT2D eigenvalue weighted by Gasteiger charge is 2.41. The number of aryl methyl sites for hydroxylation is 1. The van der Waals surface area contributed by atoms with Gasteiger partial charge in [0.25, 0.3) is 0 Å². The van der Waals surface area contributed by atoms with Crippen LogP contribution in [0.4, 0.5) is 0 Å². The van der Waals surface area contributed by atoms with Gasteiger partial charge in [-0.25, -0.2) is 4.79 Å². The molecule has 1 heterocycles. The Kier molecular flexibility index (Phi) is 5.52. The molecule has 1 fully saturated rings. The molecular weight excluding hydrogens is 288 g/mol. The van der Waals surface area contributed by atoms with E-state index in [-0.39, 0.29) is 5.56 Å². The molecule has 5 atom stereocenters. The van der Waals surface area contributed by atoms with Gasteiger partial charge in [-0.2, -0.15) is 0 Å². The van der Waals surface area contributed by atoms with Gasteiger partial charge in [0.2, 0.25) is 0 Å². The quantitative estimate of drug-likeness (QED) is 0.634. The van der Waals surface area contributed by atoms with E-state index in [0.717, 1.165) is 18.4 Å². The van der Waals surface area contributed by atoms with Crippen molar-refractivity contribution in [1.82, 2.24) is 0 Å². The number of carboxylic acid groups (broad SMARTS) is 1. The smallest absolute Gasteiger partial charge is 0.335 e. The number of benzene rings is 1. The summed E-state index contributed by atoms with van der Waals surface area (Å²) < 4.78 is 5.53. The maximum absolute atomic E-state index is 10.8. The predicted octanol–water partition coefficient (Wildman–Crippen LogP) is 0.577. The topological polar surface area (TPSA) is 107 Å². The second kappa shape index (κ2) is 7.19. The Balaban J connectivity index is 1.84. The summed E-state index contributed by atoms with van der Waals surface area (Å²) in [5, 5.41) is 38.1. The number of aromatic carboxylic acids is 1. The number of aliphatic hydroxyl groups excluding tert-OH is 3. The van der Waals surface area contributed by atoms with Crippen LogP contribution in [0.3, 0.4) is 0 Å². The van der Waals surface area contributed by atoms with Crippen LogP contribution in [-0.4, -0.2) is 56.9 Å². The van der Waals surface area contributed by atoms with E-state index < -0.39 is 36.5 Å². The zero-order valence-electron chi connectivity index (χ0n) is 12.4. The highest BCUT2D eigenvalue weighted by Crippen LogP contribution is 2.24. The van der Waals surface area contributed by atoms with Crippen LogP contribution in [0, 0.1) is 0 Å². The standard InChI is InChI=1S/C16H22O6/c1-9-13(17)15(19)14(18)12(22-9)4-2-3-10-5-7-11(8-6-10)16(20)21/h5-9,12-15,17-19H,2-4H2,1H3,(H,20,21). The lowest BCUT2D eigenvalue weighted by molar-refractivity contribution is -0.218. The van der Waals surface area contributed by atoms with Gasteiger partial charge in [0.1, 0.15) is 18.3 Å². The number of rotatable bonds is 5. The number of carboxylic acids is 1. The second-order valence-corrected chi connectivity index (χ2v) is 5.75. The molecule has 22 heavy (non-hydrogen) atoms. The van der Waals surface area contributed by atoms with Gasteiger partial charge < -0.3 is 25.2 Å². The van der Waals surface area contributed by atoms with Crippen LogP contribution in [0.5, 0.6) is 0 Å². The first-order valence-corrected chi connectivity index (χ1v) is 7.42. The highest BCUT2D eigenvalue weighted by molar-refractivity contribution is 5.87. The SMILES string of the molecule is CC1OC(CCCc2ccc(C(=O)O)cc2)C(O)C(O)C1O. The Hall–Kier alpha value is -1.47. The van der Waals surface area contributed by atoms with E-state index in [1.807, 2.05) is 0 Å². The minimum Gasteiger partial charge on any atom is -0.478 e. The molecule has 1 saturated heterocycles. The summed E-state index contributed by atoms with van der Waals surface area (Å²) in [6.45, 7) is 1.66. The summed E-state index contributed by atoms with van der Waals surface area (Å²) in [4.78, 5) is 10.8. The fraction of sp³-hybridized carbons (Fsp3) is 0.562. The van der Waals surface area contributed by atoms with E-state index >= 15 is 0 Å². The Bertz CT molecular complexity index is 500. The molecule has 1 aromatic rings. The maximum atomic E-state index is 10.8. The summed E-state index contributed by atoms with van der Waals surface area (Å²) in [5.74, 6) is -0.952. The minimum absolute atomic E-state index is 0.251. The number of hydrogen-bond acceptors (Lipinski definition) is 5. The molecule has 0 spiro atoms. The molecule has 6 heteroatoms. The van der Waals surface area contributed by atoms with Crippen LogP contribution in [-0.2, 0) is 11.2 Å². The van der Waals surface area contributed by atoms with Gasteiger partial charge in [-0.3, -0.25) is 0 Å². The Morgan fingerprint density at radius 1 is 1.09 bits per heavy atom. The van der Waals surface area contributed by atoms with Gasteiger partial charge in [0.05, 0.1) is 17.8 Å². The van der Waals surface area contributed by atoms with Gasteiger partial charge in [0.15, 0.2) is 0 Å². The van der Waals surface area contributed by atoms with E-state index in [2.05, 4.69) is 0 Å². The van der Waals surface area contributed by atoms with Gasteiger partial charge in [0, 0.05) is 0 Å². The average Bonchev–Trinajstić information content (AvgIpc) is 2.50. The first-order valence-electron chi connectivity index (χ1n) is 7.42. The molecule has 0 radical (unpaired) electrons. The maximum Gasteiger partial charge on any atom is 0.335 e. The molecule has 1 aromatic carbocycles. The van der Waals surface area contributed by atoms with Crippen LogP contribution in [0.2, 0.25) is 0 Å². The Morgan fingerprint density at radius 3 is 2.32 bits per heavy atom. The van der Waals surface area contributed by atoms with Crippen LogP contribution in [0.15, 0.2) is 24.3 Å². The minimum atomic E-state index is -1.19. The summed E-state index contributed by atoms with van der Waals surface area (Å²) in [7, 11) is 0. The molecule has 5 unspecified atom stereocenters. The third-order valence-corrected chi connectivity index (χ3v) is 4.11. The molecule has 4 N–H and O–H groups in total. The molecule has 1 aliphatic heterocycles. The number of carbonyl (C=O) groups is 1. The first-order chi connectivity index (χ1) is 10.4. The lowest BCUT2D eigenvalue weighted by Gasteiger charge is -2.39. The van der Waals surface area contributed by atoms with Crippen molar-refractivity contribution in [2.75, 3.05) is 0 Å². The molecule has 0 bridgehead atoms. The van der Waals surface area contributed by atoms with Crippen molar-refractivity contribution in [2.24, 2.45) is 0 Å². The molecular formula is C16H22O6. The van der Waals surface area contributed by atoms with E-state index in [1.54, 1.807) is 31.2 Å². The summed E-state index contributed by atoms with van der Waals surface area (Å²) in [5.41, 5.74) is 1.25. The molecule has 0 aromatic heterocycles. The monoisotopic (exact) mass is 310 g/mol. The first kappa shape index (κ1) is 16.9. The zero-order chi connectivity index (χ0) is 16.3. The predicted molar refractivity (Wildman–Crippen MR) is 78.7 cm³/mol. The Morgan fingerprint density at radius 2 is 1.73 bits per heavy atom. The molecule has 0 saturated carbocycles. The largest absolute Gasteiger partial charge is 0.478 e. The molecule has 0 amide bonds. The lowest BCUT2D eigenvalue weighted by atomic mass is 9.92. The van der Waals surface area contributed by atoms with Crippen molar-refractivity contribution in [2.45, 2.75) is 56.7 Å². The zero-order valence-corrected chi connectivity index (χ0v) is 12.4. The average molecular weight is 310 g/mol. The Labute approximate surface area is 129 Å². The van der Waals surface area contributed by atoms with Crippen molar-refractivity contribution in [3.63, 3.8) is 0 Å². The summed E-state index contributed by atoms with van der Waals surface area (Å²) in [6, 6.07) is 6.66. The number of ether oxygens (including phenoxy) is 1. The van der Waals surface area contributed by atoms with Crippen molar-refractivity contribution in [1.29, 1.82) is 0 Å². The molecule has 6 nitrogen and oxygen atoms in total. The molecule has 122 valence electrons. The van der Waals surface area contributed by atoms with Crippen LogP contribution in [0.1, 0.15) is 35.7 Å². The van der Waals surface area contributed by atoms with E-state index in [4.69, 9.17) is 9.84 Å². The van der Waals surface area contributed by atoms with Crippen molar-refractivity contribution < 1.29 is 30.0 Å². The van der Waals surface area contributed by atoms with Crippen LogP contribution >= 0.6 is 0 Å². The lowest BCUT2D eigenvalue weighted by Crippen LogP contribution is -2.56. The molecule has 2 rings (SSSR count). The van der Waals surface area contributed by atoms with Gasteiger partial charge in [-0.05, 0) is 43.9 Å².